The lowest BCUT2D eigenvalue weighted by atomic mass is 10.1. The number of hydrogen-bond acceptors (Lipinski definition) is 4. The normalized spacial score (nSPS) is 14.5. The van der Waals surface area contributed by atoms with Crippen molar-refractivity contribution in [2.24, 2.45) is 0 Å². The van der Waals surface area contributed by atoms with Gasteiger partial charge in [-0.3, -0.25) is 0 Å². The number of hydrogen-bond donors (Lipinski definition) is 0. The fourth-order valence-corrected chi connectivity index (χ4v) is 2.76. The molecule has 0 atom stereocenters. The molecule has 0 fully saturated rings. The van der Waals surface area contributed by atoms with Gasteiger partial charge in [0, 0.05) is 4.47 Å². The van der Waals surface area contributed by atoms with E-state index in [9.17, 15) is 4.79 Å². The second kappa shape index (κ2) is 8.10. The highest BCUT2D eigenvalue weighted by atomic mass is 79.9. The molecule has 0 saturated heterocycles. The third-order valence-electron chi connectivity index (χ3n) is 3.51. The number of carbonyl (C=O) groups is 1. The minimum absolute atomic E-state index is 0.332. The molecule has 0 saturated carbocycles. The largest absolute Gasteiger partial charge is 0.493 e. The molecule has 6 heteroatoms. The minimum atomic E-state index is -0.521. The van der Waals surface area contributed by atoms with Gasteiger partial charge in [0.15, 0.2) is 0 Å². The van der Waals surface area contributed by atoms with Crippen LogP contribution in [-0.4, -0.2) is 36.4 Å². The highest BCUT2D eigenvalue weighted by Crippen LogP contribution is 2.36. The van der Waals surface area contributed by atoms with Crippen LogP contribution in [-0.2, 0) is 11.3 Å². The van der Waals surface area contributed by atoms with Gasteiger partial charge in [-0.1, -0.05) is 29.3 Å². The second-order valence-corrected chi connectivity index (χ2v) is 7.75. The third kappa shape index (κ3) is 5.30. The number of rotatable bonds is 4. The molecule has 1 aliphatic rings. The summed E-state index contributed by atoms with van der Waals surface area (Å²) in [5.74, 6) is 1.50. The molecule has 2 rings (SSSR count). The maximum absolute atomic E-state index is 12.4. The topological polar surface area (TPSA) is 48.0 Å². The number of halogens is 1. The first-order valence-corrected chi connectivity index (χ1v) is 9.15. The molecule has 0 aliphatic carbocycles. The molecule has 134 valence electrons. The molecule has 0 radical (unpaired) electrons. The van der Waals surface area contributed by atoms with Crippen molar-refractivity contribution in [3.8, 4) is 11.5 Å². The summed E-state index contributed by atoms with van der Waals surface area (Å²) in [6.07, 6.45) is 1.72. The smallest absolute Gasteiger partial charge is 0.410 e. The van der Waals surface area contributed by atoms with E-state index in [0.717, 1.165) is 34.4 Å². The van der Waals surface area contributed by atoms with Crippen LogP contribution in [0.1, 0.15) is 46.1 Å². The summed E-state index contributed by atoms with van der Waals surface area (Å²) in [6.45, 7) is 9.69. The number of fused-ring (bicyclic) bond motifs is 1. The SMILES string of the molecule is CCCCOc1cc(Br)cc2c1CN(C(=O)OC(C)(C)C)CCO2. The summed E-state index contributed by atoms with van der Waals surface area (Å²) in [7, 11) is 0. The van der Waals surface area contributed by atoms with Gasteiger partial charge in [0.2, 0.25) is 0 Å². The molecule has 1 aliphatic heterocycles. The van der Waals surface area contributed by atoms with Gasteiger partial charge in [-0.25, -0.2) is 4.79 Å². The Morgan fingerprint density at radius 2 is 2.12 bits per heavy atom. The van der Waals surface area contributed by atoms with E-state index in [1.807, 2.05) is 32.9 Å². The first kappa shape index (κ1) is 18.9. The summed E-state index contributed by atoms with van der Waals surface area (Å²) in [5.41, 5.74) is 0.366. The molecule has 1 aromatic carbocycles. The van der Waals surface area contributed by atoms with Crippen molar-refractivity contribution in [2.75, 3.05) is 19.8 Å². The van der Waals surface area contributed by atoms with Crippen molar-refractivity contribution in [2.45, 2.75) is 52.7 Å². The van der Waals surface area contributed by atoms with Crippen molar-refractivity contribution in [3.63, 3.8) is 0 Å². The molecular weight excluding hydrogens is 374 g/mol. The Labute approximate surface area is 152 Å². The average molecular weight is 400 g/mol. The average Bonchev–Trinajstić information content (AvgIpc) is 2.68. The number of ether oxygens (including phenoxy) is 3. The molecule has 1 aromatic rings. The summed E-state index contributed by atoms with van der Waals surface area (Å²) < 4.78 is 18.1. The van der Waals surface area contributed by atoms with Crippen LogP contribution >= 0.6 is 15.9 Å². The van der Waals surface area contributed by atoms with Crippen LogP contribution in [0.2, 0.25) is 0 Å². The van der Waals surface area contributed by atoms with Crippen LogP contribution in [0, 0.1) is 0 Å². The van der Waals surface area contributed by atoms with Gasteiger partial charge in [-0.05, 0) is 39.3 Å². The third-order valence-corrected chi connectivity index (χ3v) is 3.97. The van der Waals surface area contributed by atoms with E-state index in [2.05, 4.69) is 22.9 Å². The van der Waals surface area contributed by atoms with Gasteiger partial charge in [0.05, 0.1) is 25.3 Å². The summed E-state index contributed by atoms with van der Waals surface area (Å²) in [4.78, 5) is 14.1. The monoisotopic (exact) mass is 399 g/mol. The van der Waals surface area contributed by atoms with E-state index in [4.69, 9.17) is 14.2 Å². The lowest BCUT2D eigenvalue weighted by molar-refractivity contribution is 0.0224. The molecule has 1 heterocycles. The summed E-state index contributed by atoms with van der Waals surface area (Å²) >= 11 is 3.49. The quantitative estimate of drug-likeness (QED) is 0.684. The van der Waals surface area contributed by atoms with Crippen molar-refractivity contribution < 1.29 is 19.0 Å². The number of nitrogens with zero attached hydrogens (tertiary/aromatic N) is 1. The molecule has 24 heavy (non-hydrogen) atoms. The van der Waals surface area contributed by atoms with E-state index < -0.39 is 5.60 Å². The second-order valence-electron chi connectivity index (χ2n) is 6.83. The predicted octanol–water partition coefficient (Wildman–Crippen LogP) is 4.76. The minimum Gasteiger partial charge on any atom is -0.493 e. The molecule has 0 aromatic heterocycles. The molecule has 0 N–H and O–H groups in total. The predicted molar refractivity (Wildman–Crippen MR) is 96.7 cm³/mol. The Balaban J connectivity index is 2.22. The van der Waals surface area contributed by atoms with Crippen LogP contribution < -0.4 is 9.47 Å². The van der Waals surface area contributed by atoms with Crippen LogP contribution in [0.3, 0.4) is 0 Å². The van der Waals surface area contributed by atoms with Crippen molar-refractivity contribution >= 4 is 22.0 Å². The maximum atomic E-state index is 12.4. The Kier molecular flexibility index (Phi) is 6.38. The zero-order valence-corrected chi connectivity index (χ0v) is 16.4. The first-order valence-electron chi connectivity index (χ1n) is 8.36. The van der Waals surface area contributed by atoms with E-state index in [0.29, 0.717) is 26.3 Å². The highest BCUT2D eigenvalue weighted by molar-refractivity contribution is 9.10. The Hall–Kier alpha value is -1.43. The van der Waals surface area contributed by atoms with Gasteiger partial charge >= 0.3 is 6.09 Å². The highest BCUT2D eigenvalue weighted by Gasteiger charge is 2.27. The summed E-state index contributed by atoms with van der Waals surface area (Å²) in [6, 6.07) is 3.84. The molecule has 0 spiro atoms. The van der Waals surface area contributed by atoms with Gasteiger partial charge in [-0.15, -0.1) is 0 Å². The van der Waals surface area contributed by atoms with Crippen LogP contribution in [0.15, 0.2) is 16.6 Å². The number of carbonyl (C=O) groups excluding carboxylic acids is 1. The number of amides is 1. The number of unbranched alkanes of at least 4 members (excludes halogenated alkanes) is 1. The Morgan fingerprint density at radius 3 is 2.79 bits per heavy atom. The van der Waals surface area contributed by atoms with E-state index in [-0.39, 0.29) is 6.09 Å². The van der Waals surface area contributed by atoms with Crippen LogP contribution in [0.4, 0.5) is 4.79 Å². The molecular formula is C18H26BrNO4. The van der Waals surface area contributed by atoms with Crippen molar-refractivity contribution in [1.29, 1.82) is 0 Å². The zero-order valence-electron chi connectivity index (χ0n) is 14.9. The lowest BCUT2D eigenvalue weighted by Crippen LogP contribution is -2.37. The van der Waals surface area contributed by atoms with E-state index in [1.54, 1.807) is 4.90 Å². The first-order chi connectivity index (χ1) is 11.3. The Morgan fingerprint density at radius 1 is 1.38 bits per heavy atom. The number of benzene rings is 1. The fraction of sp³-hybridized carbons (Fsp3) is 0.611. The molecule has 0 unspecified atom stereocenters. The maximum Gasteiger partial charge on any atom is 0.410 e. The van der Waals surface area contributed by atoms with Gasteiger partial charge < -0.3 is 19.1 Å². The van der Waals surface area contributed by atoms with Crippen LogP contribution in [0.5, 0.6) is 11.5 Å². The molecule has 0 bridgehead atoms. The molecule has 1 amide bonds. The van der Waals surface area contributed by atoms with Gasteiger partial charge in [0.1, 0.15) is 23.7 Å². The van der Waals surface area contributed by atoms with E-state index >= 15 is 0 Å². The lowest BCUT2D eigenvalue weighted by Gasteiger charge is -2.26. The van der Waals surface area contributed by atoms with Crippen molar-refractivity contribution in [1.82, 2.24) is 4.90 Å². The standard InChI is InChI=1S/C18H26BrNO4/c1-5-6-8-22-15-10-13(19)11-16-14(15)12-20(7-9-23-16)17(21)24-18(2,3)4/h10-11H,5-9,12H2,1-4H3. The van der Waals surface area contributed by atoms with Gasteiger partial charge in [-0.2, -0.15) is 0 Å². The molecule has 5 nitrogen and oxygen atoms in total. The van der Waals surface area contributed by atoms with E-state index in [1.165, 1.54) is 0 Å². The zero-order chi connectivity index (χ0) is 17.7. The van der Waals surface area contributed by atoms with Crippen molar-refractivity contribution in [3.05, 3.63) is 22.2 Å². The fourth-order valence-electron chi connectivity index (χ4n) is 2.35. The Bertz CT molecular complexity index is 583. The summed E-state index contributed by atoms with van der Waals surface area (Å²) in [5, 5.41) is 0. The van der Waals surface area contributed by atoms with Gasteiger partial charge in [0.25, 0.3) is 0 Å². The van der Waals surface area contributed by atoms with Crippen LogP contribution in [0.25, 0.3) is 0 Å².